The molecule has 3 amide bonds. The molecule has 1 aliphatic rings. The van der Waals surface area contributed by atoms with Gasteiger partial charge in [-0.25, -0.2) is 0 Å². The number of aryl methyl sites for hydroxylation is 1. The van der Waals surface area contributed by atoms with Crippen molar-refractivity contribution in [2.45, 2.75) is 44.6 Å². The third-order valence-corrected chi connectivity index (χ3v) is 6.96. The van der Waals surface area contributed by atoms with Crippen LogP contribution in [0.1, 0.15) is 56.7 Å². The molecule has 6 nitrogen and oxygen atoms in total. The molecule has 2 N–H and O–H groups in total. The van der Waals surface area contributed by atoms with Crippen LogP contribution < -0.4 is 15.5 Å². The van der Waals surface area contributed by atoms with Crippen LogP contribution in [0.15, 0.2) is 60.7 Å². The molecule has 1 aliphatic heterocycles. The molecule has 1 atom stereocenters. The maximum Gasteiger partial charge on any atom is 0.416 e. The Kier molecular flexibility index (Phi) is 8.65. The van der Waals surface area contributed by atoms with Crippen LogP contribution in [0.4, 0.5) is 32.0 Å². The molecule has 3 aromatic carbocycles. The van der Waals surface area contributed by atoms with E-state index in [0.29, 0.717) is 42.6 Å². The summed E-state index contributed by atoms with van der Waals surface area (Å²) in [6, 6.07) is 11.2. The molecule has 0 saturated carbocycles. The molecule has 1 heterocycles. The van der Waals surface area contributed by atoms with E-state index in [2.05, 4.69) is 10.6 Å². The van der Waals surface area contributed by atoms with Crippen molar-refractivity contribution in [1.82, 2.24) is 10.6 Å². The highest BCUT2D eigenvalue weighted by Gasteiger charge is 2.38. The van der Waals surface area contributed by atoms with Crippen molar-refractivity contribution in [2.24, 2.45) is 0 Å². The van der Waals surface area contributed by atoms with Gasteiger partial charge in [-0.3, -0.25) is 14.4 Å². The van der Waals surface area contributed by atoms with Gasteiger partial charge in [0.15, 0.2) is 0 Å². The molecule has 0 unspecified atom stereocenters. The maximum absolute atomic E-state index is 13.5. The topological polar surface area (TPSA) is 78.5 Å². The van der Waals surface area contributed by atoms with Crippen LogP contribution in [0.25, 0.3) is 11.1 Å². The molecule has 42 heavy (non-hydrogen) atoms. The summed E-state index contributed by atoms with van der Waals surface area (Å²) in [4.78, 5) is 39.8. The molecule has 0 radical (unpaired) electrons. The van der Waals surface area contributed by atoms with Gasteiger partial charge in [0.05, 0.1) is 16.8 Å². The van der Waals surface area contributed by atoms with E-state index in [1.54, 1.807) is 24.3 Å². The number of nitrogens with zero attached hydrogens (tertiary/aromatic N) is 1. The molecule has 1 saturated heterocycles. The molecule has 0 aliphatic carbocycles. The van der Waals surface area contributed by atoms with E-state index in [0.717, 1.165) is 16.9 Å². The van der Waals surface area contributed by atoms with Crippen LogP contribution >= 0.6 is 0 Å². The number of benzene rings is 3. The summed E-state index contributed by atoms with van der Waals surface area (Å²) in [5.41, 5.74) is -2.07. The van der Waals surface area contributed by atoms with E-state index in [1.165, 1.54) is 25.2 Å². The number of rotatable bonds is 5. The second-order valence-electron chi connectivity index (χ2n) is 10.1. The van der Waals surface area contributed by atoms with Gasteiger partial charge in [0.1, 0.15) is 6.04 Å². The van der Waals surface area contributed by atoms with Gasteiger partial charge in [-0.15, -0.1) is 0 Å². The van der Waals surface area contributed by atoms with Gasteiger partial charge in [-0.1, -0.05) is 35.9 Å². The number of nitrogens with one attached hydrogen (secondary N) is 2. The van der Waals surface area contributed by atoms with Gasteiger partial charge in [0, 0.05) is 30.3 Å². The summed E-state index contributed by atoms with van der Waals surface area (Å²) in [6.07, 6.45) is -8.39. The lowest BCUT2D eigenvalue weighted by atomic mass is 9.98. The number of hydrogen-bond acceptors (Lipinski definition) is 3. The molecular weight excluding hydrogens is 564 g/mol. The first-order valence-corrected chi connectivity index (χ1v) is 13.0. The maximum atomic E-state index is 13.5. The summed E-state index contributed by atoms with van der Waals surface area (Å²) in [6.45, 7) is 2.34. The summed E-state index contributed by atoms with van der Waals surface area (Å²) in [7, 11) is 1.20. The highest BCUT2D eigenvalue weighted by Crippen LogP contribution is 2.38. The molecule has 0 spiro atoms. The van der Waals surface area contributed by atoms with Crippen LogP contribution in [-0.2, 0) is 17.1 Å². The fourth-order valence-electron chi connectivity index (χ4n) is 4.63. The Morgan fingerprint density at radius 2 is 1.48 bits per heavy atom. The number of anilines is 1. The van der Waals surface area contributed by atoms with Gasteiger partial charge in [0.2, 0.25) is 5.91 Å². The first-order chi connectivity index (χ1) is 19.6. The molecular formula is C30H27F6N3O3. The largest absolute Gasteiger partial charge is 0.416 e. The Morgan fingerprint density at radius 1 is 0.857 bits per heavy atom. The van der Waals surface area contributed by atoms with E-state index in [9.17, 15) is 40.7 Å². The second-order valence-corrected chi connectivity index (χ2v) is 10.1. The van der Waals surface area contributed by atoms with Gasteiger partial charge in [-0.05, 0) is 62.1 Å². The van der Waals surface area contributed by atoms with Crippen molar-refractivity contribution in [3.05, 3.63) is 88.5 Å². The molecule has 4 rings (SSSR count). The van der Waals surface area contributed by atoms with Gasteiger partial charge >= 0.3 is 12.4 Å². The number of alkyl halides is 6. The normalized spacial score (nSPS) is 15.9. The Hall–Kier alpha value is -4.35. The summed E-state index contributed by atoms with van der Waals surface area (Å²) in [5, 5.41) is 5.38. The molecule has 0 aromatic heterocycles. The average molecular weight is 592 g/mol. The van der Waals surface area contributed by atoms with Crippen LogP contribution in [-0.4, -0.2) is 37.4 Å². The quantitative estimate of drug-likeness (QED) is 0.339. The SMILES string of the molecule is Cc1ccc(-c2ccc(C(=O)N[C@@H]3CCCCNC3=O)cc2N(C)C(=O)c2cc(C(F)(F)F)cc(C(F)(F)F)c2)cc1. The van der Waals surface area contributed by atoms with Crippen molar-refractivity contribution >= 4 is 23.4 Å². The van der Waals surface area contributed by atoms with Crippen molar-refractivity contribution in [3.8, 4) is 11.1 Å². The lowest BCUT2D eigenvalue weighted by Crippen LogP contribution is -2.45. The Bertz CT molecular complexity index is 1470. The van der Waals surface area contributed by atoms with Crippen LogP contribution in [0.2, 0.25) is 0 Å². The van der Waals surface area contributed by atoms with Crippen molar-refractivity contribution in [2.75, 3.05) is 18.5 Å². The average Bonchev–Trinajstić information content (AvgIpc) is 3.14. The van der Waals surface area contributed by atoms with Gasteiger partial charge in [0.25, 0.3) is 11.8 Å². The first kappa shape index (κ1) is 30.6. The number of carbonyl (C=O) groups excluding carboxylic acids is 3. The Labute approximate surface area is 237 Å². The Morgan fingerprint density at radius 3 is 2.07 bits per heavy atom. The molecule has 222 valence electrons. The second kappa shape index (κ2) is 11.9. The van der Waals surface area contributed by atoms with Crippen LogP contribution in [0, 0.1) is 6.92 Å². The first-order valence-electron chi connectivity index (χ1n) is 13.0. The van der Waals surface area contributed by atoms with E-state index in [4.69, 9.17) is 0 Å². The Balaban J connectivity index is 1.77. The van der Waals surface area contributed by atoms with E-state index in [-0.39, 0.29) is 23.2 Å². The minimum atomic E-state index is -5.13. The zero-order valence-electron chi connectivity index (χ0n) is 22.6. The lowest BCUT2D eigenvalue weighted by molar-refractivity contribution is -0.143. The van der Waals surface area contributed by atoms with Gasteiger partial charge in [-0.2, -0.15) is 26.3 Å². The number of hydrogen-bond donors (Lipinski definition) is 2. The predicted octanol–water partition coefficient (Wildman–Crippen LogP) is 6.37. The fourth-order valence-corrected chi connectivity index (χ4v) is 4.63. The zero-order valence-corrected chi connectivity index (χ0v) is 22.6. The minimum absolute atomic E-state index is 0.0394. The molecule has 12 heteroatoms. The highest BCUT2D eigenvalue weighted by atomic mass is 19.4. The number of halogens is 6. The predicted molar refractivity (Wildman–Crippen MR) is 144 cm³/mol. The summed E-state index contributed by atoms with van der Waals surface area (Å²) in [5.74, 6) is -2.12. The third-order valence-electron chi connectivity index (χ3n) is 6.96. The van der Waals surface area contributed by atoms with Gasteiger partial charge < -0.3 is 15.5 Å². The molecule has 1 fully saturated rings. The van der Waals surface area contributed by atoms with E-state index >= 15 is 0 Å². The lowest BCUT2D eigenvalue weighted by Gasteiger charge is -2.23. The monoisotopic (exact) mass is 591 g/mol. The number of carbonyl (C=O) groups is 3. The smallest absolute Gasteiger partial charge is 0.354 e. The van der Waals surface area contributed by atoms with Crippen LogP contribution in [0.5, 0.6) is 0 Å². The fraction of sp³-hybridized carbons (Fsp3) is 0.300. The molecule has 0 bridgehead atoms. The summed E-state index contributed by atoms with van der Waals surface area (Å²) < 4.78 is 80.8. The van der Waals surface area contributed by atoms with Crippen molar-refractivity contribution in [3.63, 3.8) is 0 Å². The third kappa shape index (κ3) is 6.92. The van der Waals surface area contributed by atoms with Crippen molar-refractivity contribution in [1.29, 1.82) is 0 Å². The summed E-state index contributed by atoms with van der Waals surface area (Å²) >= 11 is 0. The van der Waals surface area contributed by atoms with E-state index < -0.39 is 46.9 Å². The molecule has 3 aromatic rings. The highest BCUT2D eigenvalue weighted by molar-refractivity contribution is 6.09. The van der Waals surface area contributed by atoms with Crippen molar-refractivity contribution < 1.29 is 40.7 Å². The van der Waals surface area contributed by atoms with Crippen LogP contribution in [0.3, 0.4) is 0 Å². The standard InChI is InChI=1S/C30H27F6N3O3/c1-17-6-8-18(9-7-17)23-11-10-19(26(40)38-24-5-3-4-12-37-27(24)41)15-25(23)39(2)28(42)20-13-21(29(31,32)33)16-22(14-20)30(34,35)36/h6-11,13-16,24H,3-5,12H2,1-2H3,(H,37,41)(H,38,40)/t24-/m1/s1. The zero-order chi connectivity index (χ0) is 30.8. The minimum Gasteiger partial charge on any atom is -0.354 e. The van der Waals surface area contributed by atoms with E-state index in [1.807, 2.05) is 6.92 Å². The number of amides is 3.